The molecule has 0 bridgehead atoms. The molecule has 0 saturated heterocycles. The second kappa shape index (κ2) is 72.7. The Bertz CT molecular complexity index is 1780. The lowest BCUT2D eigenvalue weighted by Crippen LogP contribution is -2.37. The van der Waals surface area contributed by atoms with Crippen LogP contribution in [0.25, 0.3) is 0 Å². The van der Waals surface area contributed by atoms with Gasteiger partial charge in [-0.05, 0) is 64.2 Å². The quantitative estimate of drug-likeness (QED) is 0.0195. The van der Waals surface area contributed by atoms with Gasteiger partial charge in [-0.1, -0.05) is 382 Å². The fourth-order valence-electron chi connectivity index (χ4n) is 11.7. The number of hydrogen-bond acceptors (Lipinski definition) is 8. The summed E-state index contributed by atoms with van der Waals surface area (Å²) in [4.78, 5) is 38.2. The SMILES string of the molecule is CC/C=C\C/C=C\C/C=C\C/C=C\C/C=C\C/C=C\CCCCCCCCCCCCC(=O)OC(COC(=O)CCCCCCCCCCCCCCCCCCCCCCCCCCCCCCCCCCCCCCCCC)COP(=O)([O-])OCC[N+](C)(C)C. The highest BCUT2D eigenvalue weighted by molar-refractivity contribution is 7.45. The number of ether oxygens (including phenoxy) is 2. The standard InChI is InChI=1S/C82H152NO8P/c1-6-8-10-12-14-16-18-20-22-24-26-28-30-32-34-36-37-38-39-40-41-42-43-44-45-47-48-50-52-54-56-58-60-62-64-66-68-70-72-74-81(84)88-78-80(79-90-92(86,87)89-77-76-83(3,4)5)91-82(85)75-73-71-69-67-65-63-61-59-57-55-53-51-49-46-35-33-31-29-27-25-23-21-19-17-15-13-11-9-7-2/h9,11,15,17,21,23,27,29,33,35,49,51,80H,6-8,10,12-14,16,18-20,22,24-26,28,30-32,34,36-48,50,52-79H2,1-5H3/b11-9-,17-15-,23-21-,29-27-,35-33-,51-49-. The third kappa shape index (κ3) is 76.5. The molecule has 0 aliphatic carbocycles. The minimum absolute atomic E-state index is 0.0325. The highest BCUT2D eigenvalue weighted by Gasteiger charge is 2.22. The van der Waals surface area contributed by atoms with Crippen LogP contribution in [0.3, 0.4) is 0 Å². The van der Waals surface area contributed by atoms with Crippen LogP contribution in [-0.2, 0) is 32.7 Å². The number of likely N-dealkylation sites (N-methyl/N-ethyl adjacent to an activating group) is 1. The van der Waals surface area contributed by atoms with Crippen LogP contribution in [0.15, 0.2) is 72.9 Å². The van der Waals surface area contributed by atoms with Crippen molar-refractivity contribution >= 4 is 19.8 Å². The third-order valence-corrected chi connectivity index (χ3v) is 18.7. The van der Waals surface area contributed by atoms with E-state index in [0.717, 1.165) is 83.5 Å². The Balaban J connectivity index is 3.92. The molecule has 0 aromatic rings. The fraction of sp³-hybridized carbons (Fsp3) is 0.829. The Morgan fingerprint density at radius 1 is 0.348 bits per heavy atom. The third-order valence-electron chi connectivity index (χ3n) is 17.7. The lowest BCUT2D eigenvalue weighted by Gasteiger charge is -2.28. The number of esters is 2. The number of carbonyl (C=O) groups excluding carboxylic acids is 2. The highest BCUT2D eigenvalue weighted by atomic mass is 31.2. The molecule has 0 saturated carbocycles. The molecule has 9 nitrogen and oxygen atoms in total. The van der Waals surface area contributed by atoms with Crippen molar-refractivity contribution in [3.63, 3.8) is 0 Å². The number of phosphoric acid groups is 1. The van der Waals surface area contributed by atoms with Crippen LogP contribution in [-0.4, -0.2) is 70.0 Å². The Hall–Kier alpha value is -2.55. The van der Waals surface area contributed by atoms with Crippen LogP contribution < -0.4 is 4.89 Å². The molecule has 0 aliphatic rings. The summed E-state index contributed by atoms with van der Waals surface area (Å²) in [6.45, 7) is 4.18. The van der Waals surface area contributed by atoms with Gasteiger partial charge >= 0.3 is 11.9 Å². The maximum atomic E-state index is 12.9. The second-order valence-corrected chi connectivity index (χ2v) is 29.5. The number of allylic oxidation sites excluding steroid dienone is 12. The summed E-state index contributed by atoms with van der Waals surface area (Å²) in [7, 11) is 1.17. The average molecular weight is 1310 g/mol. The van der Waals surface area contributed by atoms with Crippen molar-refractivity contribution in [3.8, 4) is 0 Å². The fourth-order valence-corrected chi connectivity index (χ4v) is 12.5. The van der Waals surface area contributed by atoms with Gasteiger partial charge in [0, 0.05) is 12.8 Å². The summed E-state index contributed by atoms with van der Waals surface area (Å²) in [5.74, 6) is -0.824. The van der Waals surface area contributed by atoms with Gasteiger partial charge in [0.2, 0.25) is 0 Å². The predicted octanol–water partition coefficient (Wildman–Crippen LogP) is 25.7. The zero-order valence-corrected chi connectivity index (χ0v) is 62.4. The molecule has 2 unspecified atom stereocenters. The van der Waals surface area contributed by atoms with Crippen molar-refractivity contribution in [3.05, 3.63) is 72.9 Å². The molecular formula is C82H152NO8P. The number of rotatable bonds is 74. The Labute approximate surface area is 571 Å². The van der Waals surface area contributed by atoms with Crippen LogP contribution in [0, 0.1) is 0 Å². The minimum Gasteiger partial charge on any atom is -0.756 e. The molecular weight excluding hydrogens is 1160 g/mol. The molecule has 0 amide bonds. The Kier molecular flexibility index (Phi) is 70.7. The molecule has 2 atom stereocenters. The minimum atomic E-state index is -4.65. The monoisotopic (exact) mass is 1310 g/mol. The van der Waals surface area contributed by atoms with Crippen molar-refractivity contribution in [1.82, 2.24) is 0 Å². The first-order valence-corrected chi connectivity index (χ1v) is 41.1. The molecule has 0 fully saturated rings. The van der Waals surface area contributed by atoms with E-state index in [2.05, 4.69) is 86.8 Å². The number of quaternary nitrogens is 1. The summed E-state index contributed by atoms with van der Waals surface area (Å²) >= 11 is 0. The van der Waals surface area contributed by atoms with E-state index in [1.165, 1.54) is 270 Å². The maximum Gasteiger partial charge on any atom is 0.306 e. The largest absolute Gasteiger partial charge is 0.756 e. The van der Waals surface area contributed by atoms with Crippen molar-refractivity contribution in [2.45, 2.75) is 392 Å². The van der Waals surface area contributed by atoms with E-state index >= 15 is 0 Å². The molecule has 0 rings (SSSR count). The first kappa shape index (κ1) is 89.5. The smallest absolute Gasteiger partial charge is 0.306 e. The molecule has 0 aliphatic heterocycles. The van der Waals surface area contributed by atoms with Crippen LogP contribution in [0.4, 0.5) is 0 Å². The van der Waals surface area contributed by atoms with Gasteiger partial charge in [-0.15, -0.1) is 0 Å². The number of unbranched alkanes of at least 4 members (excludes halogenated alkanes) is 48. The zero-order chi connectivity index (χ0) is 66.9. The number of carbonyl (C=O) groups is 2. The van der Waals surface area contributed by atoms with Crippen molar-refractivity contribution in [1.29, 1.82) is 0 Å². The first-order valence-electron chi connectivity index (χ1n) is 39.6. The van der Waals surface area contributed by atoms with Gasteiger partial charge < -0.3 is 27.9 Å². The van der Waals surface area contributed by atoms with Gasteiger partial charge in [0.05, 0.1) is 27.7 Å². The molecule has 0 spiro atoms. The molecule has 538 valence electrons. The summed E-state index contributed by atoms with van der Waals surface area (Å²) < 4.78 is 34.4. The van der Waals surface area contributed by atoms with Gasteiger partial charge in [-0.3, -0.25) is 14.2 Å². The van der Waals surface area contributed by atoms with Gasteiger partial charge in [-0.2, -0.15) is 0 Å². The second-order valence-electron chi connectivity index (χ2n) is 28.1. The number of phosphoric ester groups is 1. The molecule has 0 N–H and O–H groups in total. The van der Waals surface area contributed by atoms with Crippen molar-refractivity contribution in [2.75, 3.05) is 47.5 Å². The predicted molar refractivity (Wildman–Crippen MR) is 397 cm³/mol. The average Bonchev–Trinajstić information content (AvgIpc) is 2.14. The topological polar surface area (TPSA) is 111 Å². The summed E-state index contributed by atoms with van der Waals surface area (Å²) in [6, 6.07) is 0. The molecule has 10 heteroatoms. The van der Waals surface area contributed by atoms with E-state index in [1.807, 2.05) is 21.1 Å². The maximum absolute atomic E-state index is 12.9. The van der Waals surface area contributed by atoms with E-state index < -0.39 is 26.5 Å². The van der Waals surface area contributed by atoms with Gasteiger partial charge in [-0.25, -0.2) is 0 Å². The lowest BCUT2D eigenvalue weighted by atomic mass is 10.0. The number of hydrogen-bond donors (Lipinski definition) is 0. The molecule has 92 heavy (non-hydrogen) atoms. The zero-order valence-electron chi connectivity index (χ0n) is 61.5. The highest BCUT2D eigenvalue weighted by Crippen LogP contribution is 2.38. The van der Waals surface area contributed by atoms with Crippen LogP contribution in [0.1, 0.15) is 386 Å². The van der Waals surface area contributed by atoms with Gasteiger partial charge in [0.1, 0.15) is 19.8 Å². The molecule has 0 aromatic heterocycles. The summed E-state index contributed by atoms with van der Waals surface area (Å²) in [5.41, 5.74) is 0. The van der Waals surface area contributed by atoms with E-state index in [0.29, 0.717) is 17.4 Å². The van der Waals surface area contributed by atoms with E-state index in [1.54, 1.807) is 0 Å². The summed E-state index contributed by atoms with van der Waals surface area (Å²) in [5, 5.41) is 0. The lowest BCUT2D eigenvalue weighted by molar-refractivity contribution is -0.870. The van der Waals surface area contributed by atoms with Crippen LogP contribution >= 0.6 is 7.82 Å². The summed E-state index contributed by atoms with van der Waals surface area (Å²) in [6.07, 6.45) is 98.9. The van der Waals surface area contributed by atoms with E-state index in [4.69, 9.17) is 18.5 Å². The van der Waals surface area contributed by atoms with Crippen LogP contribution in [0.2, 0.25) is 0 Å². The van der Waals surface area contributed by atoms with Crippen LogP contribution in [0.5, 0.6) is 0 Å². The molecule has 0 heterocycles. The van der Waals surface area contributed by atoms with E-state index in [9.17, 15) is 19.0 Å². The van der Waals surface area contributed by atoms with E-state index in [-0.39, 0.29) is 32.0 Å². The number of nitrogens with zero attached hydrogens (tertiary/aromatic N) is 1. The van der Waals surface area contributed by atoms with Gasteiger partial charge in [0.15, 0.2) is 6.10 Å². The van der Waals surface area contributed by atoms with Crippen molar-refractivity contribution < 1.29 is 42.1 Å². The molecule has 0 radical (unpaired) electrons. The van der Waals surface area contributed by atoms with Gasteiger partial charge in [0.25, 0.3) is 7.82 Å². The molecule has 0 aromatic carbocycles. The Morgan fingerprint density at radius 2 is 0.620 bits per heavy atom. The Morgan fingerprint density at radius 3 is 0.924 bits per heavy atom. The first-order chi connectivity index (χ1) is 45.0. The van der Waals surface area contributed by atoms with Crippen molar-refractivity contribution in [2.24, 2.45) is 0 Å². The normalized spacial score (nSPS) is 13.4.